The molecule has 0 saturated heterocycles. The van der Waals surface area contributed by atoms with E-state index in [1.165, 1.54) is 0 Å². The number of carbonyl (C=O) groups is 1. The summed E-state index contributed by atoms with van der Waals surface area (Å²) in [5.74, 6) is -0.196. The summed E-state index contributed by atoms with van der Waals surface area (Å²) in [5.41, 5.74) is 0.396. The molecule has 1 unspecified atom stereocenters. The van der Waals surface area contributed by atoms with Gasteiger partial charge < -0.3 is 5.32 Å². The van der Waals surface area contributed by atoms with Crippen LogP contribution < -0.4 is 5.32 Å². The molecule has 3 nitrogen and oxygen atoms in total. The third-order valence-electron chi connectivity index (χ3n) is 1.66. The molecule has 1 heterocycles. The Morgan fingerprint density at radius 3 is 3.00 bits per heavy atom. The minimum Gasteiger partial charge on any atom is -0.345 e. The predicted molar refractivity (Wildman–Crippen MR) is 59.1 cm³/mol. The molecule has 74 valence electrons. The number of amides is 1. The molecule has 0 spiro atoms. The molecule has 14 heavy (non-hydrogen) atoms. The minimum absolute atomic E-state index is 0.0525. The van der Waals surface area contributed by atoms with E-state index in [9.17, 15) is 4.79 Å². The standard InChI is InChI=1S/C10H11BrN2O/c1-3-7(2)12-10(14)8-5-4-6-9(11)13-8/h3-7H,1H2,2H3,(H,12,14). The van der Waals surface area contributed by atoms with Crippen LogP contribution in [0.15, 0.2) is 35.5 Å². The van der Waals surface area contributed by atoms with E-state index in [-0.39, 0.29) is 11.9 Å². The van der Waals surface area contributed by atoms with Gasteiger partial charge in [0, 0.05) is 6.04 Å². The molecule has 0 fully saturated rings. The molecule has 0 bridgehead atoms. The van der Waals surface area contributed by atoms with Crippen LogP contribution in [-0.2, 0) is 0 Å². The molecule has 1 amide bonds. The Morgan fingerprint density at radius 2 is 2.43 bits per heavy atom. The summed E-state index contributed by atoms with van der Waals surface area (Å²) in [6, 6.07) is 5.15. The summed E-state index contributed by atoms with van der Waals surface area (Å²) in [5, 5.41) is 2.73. The van der Waals surface area contributed by atoms with Gasteiger partial charge in [-0.3, -0.25) is 4.79 Å². The SMILES string of the molecule is C=CC(C)NC(=O)c1cccc(Br)n1. The molecule has 1 rings (SSSR count). The summed E-state index contributed by atoms with van der Waals surface area (Å²) in [6.07, 6.45) is 1.66. The first-order valence-corrected chi connectivity index (χ1v) is 4.98. The van der Waals surface area contributed by atoms with E-state index in [0.717, 1.165) is 0 Å². The van der Waals surface area contributed by atoms with E-state index >= 15 is 0 Å². The largest absolute Gasteiger partial charge is 0.345 e. The lowest BCUT2D eigenvalue weighted by molar-refractivity contribution is 0.0942. The molecule has 4 heteroatoms. The van der Waals surface area contributed by atoms with Crippen molar-refractivity contribution in [3.63, 3.8) is 0 Å². The molecule has 0 aliphatic carbocycles. The molecule has 1 N–H and O–H groups in total. The molecule has 1 aromatic heterocycles. The lowest BCUT2D eigenvalue weighted by Crippen LogP contribution is -2.31. The molecule has 0 aliphatic heterocycles. The number of pyridine rings is 1. The highest BCUT2D eigenvalue weighted by Crippen LogP contribution is 2.06. The maximum absolute atomic E-state index is 11.5. The van der Waals surface area contributed by atoms with Crippen molar-refractivity contribution in [2.24, 2.45) is 0 Å². The van der Waals surface area contributed by atoms with Gasteiger partial charge in [0.05, 0.1) is 0 Å². The smallest absolute Gasteiger partial charge is 0.270 e. The lowest BCUT2D eigenvalue weighted by Gasteiger charge is -2.08. The van der Waals surface area contributed by atoms with Gasteiger partial charge in [0.1, 0.15) is 10.3 Å². The number of aromatic nitrogens is 1. The van der Waals surface area contributed by atoms with Crippen molar-refractivity contribution in [2.75, 3.05) is 0 Å². The van der Waals surface area contributed by atoms with Crippen molar-refractivity contribution in [3.05, 3.63) is 41.2 Å². The van der Waals surface area contributed by atoms with Crippen LogP contribution in [0.25, 0.3) is 0 Å². The van der Waals surface area contributed by atoms with Crippen LogP contribution in [0.3, 0.4) is 0 Å². The van der Waals surface area contributed by atoms with E-state index < -0.39 is 0 Å². The van der Waals surface area contributed by atoms with Gasteiger partial charge in [0.2, 0.25) is 0 Å². The number of hydrogen-bond donors (Lipinski definition) is 1. The van der Waals surface area contributed by atoms with Crippen LogP contribution in [-0.4, -0.2) is 16.9 Å². The highest BCUT2D eigenvalue weighted by atomic mass is 79.9. The number of halogens is 1. The van der Waals surface area contributed by atoms with Crippen LogP contribution in [0.1, 0.15) is 17.4 Å². The molecule has 0 saturated carbocycles. The van der Waals surface area contributed by atoms with Gasteiger partial charge in [-0.15, -0.1) is 6.58 Å². The summed E-state index contributed by atoms with van der Waals surface area (Å²) in [7, 11) is 0. The van der Waals surface area contributed by atoms with Gasteiger partial charge in [-0.05, 0) is 35.0 Å². The summed E-state index contributed by atoms with van der Waals surface area (Å²) in [4.78, 5) is 15.6. The molecular weight excluding hydrogens is 244 g/mol. The fraction of sp³-hybridized carbons (Fsp3) is 0.200. The summed E-state index contributed by atoms with van der Waals surface area (Å²) in [6.45, 7) is 5.43. The van der Waals surface area contributed by atoms with Gasteiger partial charge in [-0.2, -0.15) is 0 Å². The number of hydrogen-bond acceptors (Lipinski definition) is 2. The fourth-order valence-electron chi connectivity index (χ4n) is 0.874. The van der Waals surface area contributed by atoms with Crippen molar-refractivity contribution in [3.8, 4) is 0 Å². The molecule has 1 atom stereocenters. The Balaban J connectivity index is 2.74. The van der Waals surface area contributed by atoms with Crippen molar-refractivity contribution in [1.29, 1.82) is 0 Å². The molecule has 1 aromatic rings. The van der Waals surface area contributed by atoms with E-state index in [2.05, 4.69) is 32.8 Å². The number of nitrogens with one attached hydrogen (secondary N) is 1. The van der Waals surface area contributed by atoms with Gasteiger partial charge in [0.25, 0.3) is 5.91 Å². The second-order valence-electron chi connectivity index (χ2n) is 2.84. The first-order chi connectivity index (χ1) is 6.63. The van der Waals surface area contributed by atoms with E-state index in [4.69, 9.17) is 0 Å². The van der Waals surface area contributed by atoms with Gasteiger partial charge >= 0.3 is 0 Å². The Hall–Kier alpha value is -1.16. The minimum atomic E-state index is -0.196. The first kappa shape index (κ1) is 10.9. The molecule has 0 aliphatic rings. The van der Waals surface area contributed by atoms with E-state index in [1.807, 2.05) is 6.92 Å². The van der Waals surface area contributed by atoms with Crippen molar-refractivity contribution in [1.82, 2.24) is 10.3 Å². The number of nitrogens with zero attached hydrogens (tertiary/aromatic N) is 1. The van der Waals surface area contributed by atoms with Crippen LogP contribution in [0.2, 0.25) is 0 Å². The topological polar surface area (TPSA) is 42.0 Å². The normalized spacial score (nSPS) is 11.9. The van der Waals surface area contributed by atoms with Gasteiger partial charge in [-0.25, -0.2) is 4.98 Å². The third-order valence-corrected chi connectivity index (χ3v) is 2.10. The first-order valence-electron chi connectivity index (χ1n) is 4.19. The quantitative estimate of drug-likeness (QED) is 0.664. The van der Waals surface area contributed by atoms with Crippen molar-refractivity contribution >= 4 is 21.8 Å². The zero-order valence-corrected chi connectivity index (χ0v) is 9.41. The van der Waals surface area contributed by atoms with E-state index in [0.29, 0.717) is 10.3 Å². The van der Waals surface area contributed by atoms with Crippen molar-refractivity contribution in [2.45, 2.75) is 13.0 Å². The van der Waals surface area contributed by atoms with Crippen LogP contribution >= 0.6 is 15.9 Å². The summed E-state index contributed by atoms with van der Waals surface area (Å²) >= 11 is 3.20. The molecule has 0 aromatic carbocycles. The highest BCUT2D eigenvalue weighted by Gasteiger charge is 2.08. The lowest BCUT2D eigenvalue weighted by atomic mass is 10.3. The van der Waals surface area contributed by atoms with E-state index in [1.54, 1.807) is 24.3 Å². The monoisotopic (exact) mass is 254 g/mol. The van der Waals surface area contributed by atoms with Crippen LogP contribution in [0.4, 0.5) is 0 Å². The molecular formula is C10H11BrN2O. The average molecular weight is 255 g/mol. The van der Waals surface area contributed by atoms with Gasteiger partial charge in [0.15, 0.2) is 0 Å². The predicted octanol–water partition coefficient (Wildman–Crippen LogP) is 2.15. The fourth-order valence-corrected chi connectivity index (χ4v) is 1.22. The Morgan fingerprint density at radius 1 is 1.71 bits per heavy atom. The van der Waals surface area contributed by atoms with Crippen molar-refractivity contribution < 1.29 is 4.79 Å². The highest BCUT2D eigenvalue weighted by molar-refractivity contribution is 9.10. The molecule has 0 radical (unpaired) electrons. The van der Waals surface area contributed by atoms with Crippen LogP contribution in [0, 0.1) is 0 Å². The van der Waals surface area contributed by atoms with Crippen LogP contribution in [0.5, 0.6) is 0 Å². The number of rotatable bonds is 3. The third kappa shape index (κ3) is 2.96. The average Bonchev–Trinajstić information content (AvgIpc) is 2.17. The second-order valence-corrected chi connectivity index (χ2v) is 3.66. The Bertz CT molecular complexity index is 352. The zero-order valence-electron chi connectivity index (χ0n) is 7.83. The summed E-state index contributed by atoms with van der Waals surface area (Å²) < 4.78 is 0.649. The Kier molecular flexibility index (Phi) is 3.83. The number of carbonyl (C=O) groups excluding carboxylic acids is 1. The maximum atomic E-state index is 11.5. The maximum Gasteiger partial charge on any atom is 0.270 e. The second kappa shape index (κ2) is 4.91. The zero-order chi connectivity index (χ0) is 10.6. The van der Waals surface area contributed by atoms with Gasteiger partial charge in [-0.1, -0.05) is 12.1 Å². The Labute approximate surface area is 91.4 Å².